The zero-order valence-corrected chi connectivity index (χ0v) is 10.6. The maximum absolute atomic E-state index is 5.89. The number of hydrogen-bond acceptors (Lipinski definition) is 4. The van der Waals surface area contributed by atoms with Crippen molar-refractivity contribution in [1.29, 1.82) is 0 Å². The first kappa shape index (κ1) is 11.9. The molecular weight excluding hydrogens is 247 g/mol. The van der Waals surface area contributed by atoms with Crippen LogP contribution in [0.4, 0.5) is 5.82 Å². The van der Waals surface area contributed by atoms with E-state index in [0.29, 0.717) is 17.8 Å². The van der Waals surface area contributed by atoms with Gasteiger partial charge >= 0.3 is 0 Å². The van der Waals surface area contributed by atoms with Gasteiger partial charge in [0.2, 0.25) is 5.28 Å². The average Bonchev–Trinajstić information content (AvgIpc) is 2.76. The predicted molar refractivity (Wildman–Crippen MR) is 64.9 cm³/mol. The molecule has 1 saturated carbocycles. The van der Waals surface area contributed by atoms with E-state index in [4.69, 9.17) is 23.2 Å². The number of anilines is 1. The Hall–Kier alpha value is -0.610. The van der Waals surface area contributed by atoms with E-state index in [2.05, 4.69) is 27.4 Å². The van der Waals surface area contributed by atoms with E-state index >= 15 is 0 Å². The van der Waals surface area contributed by atoms with E-state index in [1.807, 2.05) is 0 Å². The van der Waals surface area contributed by atoms with Gasteiger partial charge in [-0.1, -0.05) is 24.4 Å². The van der Waals surface area contributed by atoms with Gasteiger partial charge in [-0.05, 0) is 37.3 Å². The largest absolute Gasteiger partial charge is 0.365 e. The van der Waals surface area contributed by atoms with Crippen LogP contribution in [0.1, 0.15) is 32.6 Å². The van der Waals surface area contributed by atoms with Crippen LogP contribution in [-0.4, -0.2) is 21.2 Å². The summed E-state index contributed by atoms with van der Waals surface area (Å²) >= 11 is 11.6. The second kappa shape index (κ2) is 5.15. The van der Waals surface area contributed by atoms with Crippen molar-refractivity contribution in [2.24, 2.45) is 5.92 Å². The van der Waals surface area contributed by atoms with E-state index in [0.717, 1.165) is 0 Å². The zero-order chi connectivity index (χ0) is 11.5. The highest BCUT2D eigenvalue weighted by molar-refractivity contribution is 6.32. The molecule has 88 valence electrons. The third-order valence-electron chi connectivity index (χ3n) is 3.09. The standard InChI is InChI=1S/C10H14Cl2N4/c1-6(7-4-2-3-5-7)13-9-8(11)15-16-10(12)14-9/h6-7H,2-5H2,1H3,(H,13,14,16). The molecule has 1 heterocycles. The summed E-state index contributed by atoms with van der Waals surface area (Å²) in [5, 5.41) is 10.9. The Bertz CT molecular complexity index is 366. The molecule has 1 aromatic rings. The second-order valence-corrected chi connectivity index (χ2v) is 4.89. The van der Waals surface area contributed by atoms with Crippen LogP contribution in [0.3, 0.4) is 0 Å². The smallest absolute Gasteiger partial charge is 0.245 e. The van der Waals surface area contributed by atoms with E-state index < -0.39 is 0 Å². The first-order valence-corrected chi connectivity index (χ1v) is 6.24. The van der Waals surface area contributed by atoms with Crippen LogP contribution in [-0.2, 0) is 0 Å². The molecule has 0 spiro atoms. The summed E-state index contributed by atoms with van der Waals surface area (Å²) < 4.78 is 0. The molecular formula is C10H14Cl2N4. The third-order valence-corrected chi connectivity index (χ3v) is 3.51. The lowest BCUT2D eigenvalue weighted by atomic mass is 10.00. The first-order valence-electron chi connectivity index (χ1n) is 5.49. The van der Waals surface area contributed by atoms with Gasteiger partial charge in [0.1, 0.15) is 0 Å². The Kier molecular flexibility index (Phi) is 3.82. The van der Waals surface area contributed by atoms with Crippen LogP contribution in [0.15, 0.2) is 0 Å². The van der Waals surface area contributed by atoms with Crippen molar-refractivity contribution in [3.8, 4) is 0 Å². The molecule has 1 N–H and O–H groups in total. The molecule has 1 fully saturated rings. The predicted octanol–water partition coefficient (Wildman–Crippen LogP) is 3.17. The first-order chi connectivity index (χ1) is 7.66. The maximum Gasteiger partial charge on any atom is 0.245 e. The van der Waals surface area contributed by atoms with E-state index in [1.54, 1.807) is 0 Å². The highest BCUT2D eigenvalue weighted by atomic mass is 35.5. The highest BCUT2D eigenvalue weighted by Gasteiger charge is 2.22. The van der Waals surface area contributed by atoms with Gasteiger partial charge in [-0.3, -0.25) is 0 Å². The normalized spacial score (nSPS) is 18.7. The monoisotopic (exact) mass is 260 g/mol. The molecule has 1 atom stereocenters. The highest BCUT2D eigenvalue weighted by Crippen LogP contribution is 2.29. The molecule has 2 rings (SSSR count). The summed E-state index contributed by atoms with van der Waals surface area (Å²) in [4.78, 5) is 4.03. The number of rotatable bonds is 3. The van der Waals surface area contributed by atoms with Gasteiger partial charge in [-0.2, -0.15) is 4.98 Å². The van der Waals surface area contributed by atoms with Crippen LogP contribution < -0.4 is 5.32 Å². The van der Waals surface area contributed by atoms with Crippen molar-refractivity contribution in [3.05, 3.63) is 10.4 Å². The van der Waals surface area contributed by atoms with Gasteiger partial charge in [-0.25, -0.2) is 0 Å². The molecule has 4 nitrogen and oxygen atoms in total. The molecule has 0 bridgehead atoms. The van der Waals surface area contributed by atoms with Gasteiger partial charge < -0.3 is 5.32 Å². The number of nitrogens with one attached hydrogen (secondary N) is 1. The Morgan fingerprint density at radius 1 is 1.25 bits per heavy atom. The molecule has 0 amide bonds. The molecule has 0 radical (unpaired) electrons. The molecule has 0 saturated heterocycles. The van der Waals surface area contributed by atoms with Gasteiger partial charge in [0.05, 0.1) is 0 Å². The minimum Gasteiger partial charge on any atom is -0.365 e. The van der Waals surface area contributed by atoms with Crippen molar-refractivity contribution < 1.29 is 0 Å². The van der Waals surface area contributed by atoms with Crippen LogP contribution in [0.5, 0.6) is 0 Å². The molecule has 1 aromatic heterocycles. The van der Waals surface area contributed by atoms with E-state index in [1.165, 1.54) is 25.7 Å². The van der Waals surface area contributed by atoms with E-state index in [-0.39, 0.29) is 10.4 Å². The maximum atomic E-state index is 5.89. The van der Waals surface area contributed by atoms with Crippen molar-refractivity contribution in [3.63, 3.8) is 0 Å². The fourth-order valence-corrected chi connectivity index (χ4v) is 2.43. The second-order valence-electron chi connectivity index (χ2n) is 4.20. The van der Waals surface area contributed by atoms with Gasteiger partial charge in [-0.15, -0.1) is 10.2 Å². The Labute approximate surface area is 105 Å². The molecule has 0 aromatic carbocycles. The number of nitrogens with zero attached hydrogens (tertiary/aromatic N) is 3. The van der Waals surface area contributed by atoms with Crippen LogP contribution in [0.25, 0.3) is 0 Å². The summed E-state index contributed by atoms with van der Waals surface area (Å²) in [7, 11) is 0. The average molecular weight is 261 g/mol. The number of hydrogen-bond donors (Lipinski definition) is 1. The van der Waals surface area contributed by atoms with Crippen LogP contribution in [0, 0.1) is 5.92 Å². The molecule has 0 aliphatic heterocycles. The number of halogens is 2. The Balaban J connectivity index is 2.04. The Morgan fingerprint density at radius 3 is 2.62 bits per heavy atom. The lowest BCUT2D eigenvalue weighted by molar-refractivity contribution is 0.481. The topological polar surface area (TPSA) is 50.7 Å². The van der Waals surface area contributed by atoms with Gasteiger partial charge in [0.15, 0.2) is 11.0 Å². The quantitative estimate of drug-likeness (QED) is 0.907. The van der Waals surface area contributed by atoms with Crippen LogP contribution >= 0.6 is 23.2 Å². The lowest BCUT2D eigenvalue weighted by Gasteiger charge is -2.20. The van der Waals surface area contributed by atoms with E-state index in [9.17, 15) is 0 Å². The van der Waals surface area contributed by atoms with Crippen molar-refractivity contribution in [1.82, 2.24) is 15.2 Å². The minimum absolute atomic E-state index is 0.116. The summed E-state index contributed by atoms with van der Waals surface area (Å²) in [6.45, 7) is 2.14. The molecule has 1 aliphatic rings. The van der Waals surface area contributed by atoms with Gasteiger partial charge in [0, 0.05) is 6.04 Å². The summed E-state index contributed by atoms with van der Waals surface area (Å²) in [5.74, 6) is 1.21. The van der Waals surface area contributed by atoms with Gasteiger partial charge in [0.25, 0.3) is 0 Å². The summed E-state index contributed by atoms with van der Waals surface area (Å²) in [6, 6.07) is 0.341. The fourth-order valence-electron chi connectivity index (χ4n) is 2.18. The zero-order valence-electron chi connectivity index (χ0n) is 9.08. The fraction of sp³-hybridized carbons (Fsp3) is 0.700. The minimum atomic E-state index is 0.116. The summed E-state index contributed by atoms with van der Waals surface area (Å²) in [5.41, 5.74) is 0. The lowest BCUT2D eigenvalue weighted by Crippen LogP contribution is -2.24. The summed E-state index contributed by atoms with van der Waals surface area (Å²) in [6.07, 6.45) is 5.15. The molecule has 1 unspecified atom stereocenters. The van der Waals surface area contributed by atoms with Crippen molar-refractivity contribution >= 4 is 29.0 Å². The van der Waals surface area contributed by atoms with Crippen molar-refractivity contribution in [2.75, 3.05) is 5.32 Å². The number of aromatic nitrogens is 3. The molecule has 16 heavy (non-hydrogen) atoms. The third kappa shape index (κ3) is 2.74. The molecule has 1 aliphatic carbocycles. The SMILES string of the molecule is CC(Nc1nc(Cl)nnc1Cl)C1CCCC1. The van der Waals surface area contributed by atoms with Crippen molar-refractivity contribution in [2.45, 2.75) is 38.6 Å². The van der Waals surface area contributed by atoms with Crippen LogP contribution in [0.2, 0.25) is 10.4 Å². The Morgan fingerprint density at radius 2 is 1.94 bits per heavy atom. The molecule has 6 heteroatoms.